The lowest BCUT2D eigenvalue weighted by Crippen LogP contribution is -2.33. The van der Waals surface area contributed by atoms with Crippen LogP contribution in [0.5, 0.6) is 0 Å². The SMILES string of the molecule is Cc1ccc(Nc2nnc(SCC(=O)N(CCC#N)c3ccccc3)s2)c(C)c1. The molecule has 1 heterocycles. The highest BCUT2D eigenvalue weighted by molar-refractivity contribution is 8.01. The highest BCUT2D eigenvalue weighted by atomic mass is 32.2. The minimum absolute atomic E-state index is 0.0597. The van der Waals surface area contributed by atoms with Crippen molar-refractivity contribution in [1.82, 2.24) is 10.2 Å². The minimum Gasteiger partial charge on any atom is -0.330 e. The predicted octanol–water partition coefficient (Wildman–Crippen LogP) is 4.94. The first-order valence-electron chi connectivity index (χ1n) is 9.10. The van der Waals surface area contributed by atoms with Crippen LogP contribution in [0.3, 0.4) is 0 Å². The first-order valence-corrected chi connectivity index (χ1v) is 10.9. The summed E-state index contributed by atoms with van der Waals surface area (Å²) in [5.41, 5.74) is 4.13. The third-order valence-electron chi connectivity index (χ3n) is 4.17. The Labute approximate surface area is 178 Å². The monoisotopic (exact) mass is 423 g/mol. The van der Waals surface area contributed by atoms with E-state index in [0.717, 1.165) is 21.3 Å². The van der Waals surface area contributed by atoms with E-state index in [4.69, 9.17) is 5.26 Å². The number of nitrogens with one attached hydrogen (secondary N) is 1. The van der Waals surface area contributed by atoms with E-state index in [-0.39, 0.29) is 18.1 Å². The van der Waals surface area contributed by atoms with E-state index in [2.05, 4.69) is 34.6 Å². The average molecular weight is 424 g/mol. The molecule has 0 aliphatic heterocycles. The lowest BCUT2D eigenvalue weighted by molar-refractivity contribution is -0.116. The van der Waals surface area contributed by atoms with Gasteiger partial charge in [0, 0.05) is 17.9 Å². The number of hydrogen-bond acceptors (Lipinski definition) is 7. The summed E-state index contributed by atoms with van der Waals surface area (Å²) in [5, 5.41) is 21.2. The normalized spacial score (nSPS) is 10.4. The van der Waals surface area contributed by atoms with Gasteiger partial charge in [0.1, 0.15) is 0 Å². The van der Waals surface area contributed by atoms with Crippen molar-refractivity contribution < 1.29 is 4.79 Å². The summed E-state index contributed by atoms with van der Waals surface area (Å²) in [6, 6.07) is 17.7. The van der Waals surface area contributed by atoms with Crippen molar-refractivity contribution in [2.45, 2.75) is 24.6 Å². The first kappa shape index (κ1) is 20.8. The van der Waals surface area contributed by atoms with Crippen LogP contribution in [0.15, 0.2) is 52.9 Å². The first-order chi connectivity index (χ1) is 14.1. The van der Waals surface area contributed by atoms with Crippen molar-refractivity contribution in [2.75, 3.05) is 22.5 Å². The number of thioether (sulfide) groups is 1. The number of benzene rings is 2. The maximum absolute atomic E-state index is 12.7. The second kappa shape index (κ2) is 10.0. The average Bonchev–Trinajstić information content (AvgIpc) is 3.17. The molecule has 0 aliphatic carbocycles. The highest BCUT2D eigenvalue weighted by Crippen LogP contribution is 2.29. The van der Waals surface area contributed by atoms with E-state index in [1.807, 2.05) is 49.4 Å². The lowest BCUT2D eigenvalue weighted by atomic mass is 10.1. The Kier molecular flexibility index (Phi) is 7.22. The molecular weight excluding hydrogens is 402 g/mol. The van der Waals surface area contributed by atoms with Crippen LogP contribution in [0.2, 0.25) is 0 Å². The minimum atomic E-state index is -0.0597. The van der Waals surface area contributed by atoms with Gasteiger partial charge in [-0.3, -0.25) is 4.79 Å². The van der Waals surface area contributed by atoms with Crippen LogP contribution in [-0.2, 0) is 4.79 Å². The second-order valence-corrected chi connectivity index (χ2v) is 8.59. The van der Waals surface area contributed by atoms with Gasteiger partial charge in [0.15, 0.2) is 4.34 Å². The molecule has 0 bridgehead atoms. The smallest absolute Gasteiger partial charge is 0.237 e. The van der Waals surface area contributed by atoms with Gasteiger partial charge in [-0.2, -0.15) is 5.26 Å². The Bertz CT molecular complexity index is 1010. The largest absolute Gasteiger partial charge is 0.330 e. The van der Waals surface area contributed by atoms with Crippen LogP contribution < -0.4 is 10.2 Å². The number of anilines is 3. The maximum Gasteiger partial charge on any atom is 0.237 e. The quantitative estimate of drug-likeness (QED) is 0.517. The number of hydrogen-bond donors (Lipinski definition) is 1. The number of carbonyl (C=O) groups excluding carboxylic acids is 1. The van der Waals surface area contributed by atoms with Gasteiger partial charge in [-0.25, -0.2) is 0 Å². The molecular formula is C21H21N5OS2. The van der Waals surface area contributed by atoms with Gasteiger partial charge < -0.3 is 10.2 Å². The molecule has 6 nitrogen and oxygen atoms in total. The Balaban J connectivity index is 1.61. The van der Waals surface area contributed by atoms with Crippen molar-refractivity contribution >= 4 is 45.5 Å². The topological polar surface area (TPSA) is 81.9 Å². The van der Waals surface area contributed by atoms with Gasteiger partial charge in [-0.15, -0.1) is 10.2 Å². The molecule has 0 fully saturated rings. The Morgan fingerprint density at radius 3 is 2.72 bits per heavy atom. The number of rotatable bonds is 8. The van der Waals surface area contributed by atoms with Crippen LogP contribution in [0.4, 0.5) is 16.5 Å². The van der Waals surface area contributed by atoms with Gasteiger partial charge in [0.05, 0.1) is 18.2 Å². The number of nitriles is 1. The van der Waals surface area contributed by atoms with Gasteiger partial charge in [0.2, 0.25) is 11.0 Å². The Morgan fingerprint density at radius 1 is 1.21 bits per heavy atom. The van der Waals surface area contributed by atoms with Gasteiger partial charge in [-0.1, -0.05) is 59.0 Å². The zero-order valence-corrected chi connectivity index (χ0v) is 17.9. The standard InChI is InChI=1S/C21H21N5OS2/c1-15-9-10-18(16(2)13-15)23-20-24-25-21(29-20)28-14-19(27)26(12-6-11-22)17-7-4-3-5-8-17/h3-5,7-10,13H,6,12,14H2,1-2H3,(H,23,24). The highest BCUT2D eigenvalue weighted by Gasteiger charge is 2.17. The number of aromatic nitrogens is 2. The molecule has 0 unspecified atom stereocenters. The maximum atomic E-state index is 12.7. The predicted molar refractivity (Wildman–Crippen MR) is 119 cm³/mol. The molecule has 0 saturated carbocycles. The molecule has 8 heteroatoms. The fourth-order valence-electron chi connectivity index (χ4n) is 2.76. The van der Waals surface area contributed by atoms with Crippen molar-refractivity contribution in [3.8, 4) is 6.07 Å². The molecule has 1 amide bonds. The van der Waals surface area contributed by atoms with Crippen LogP contribution in [0.1, 0.15) is 17.5 Å². The van der Waals surface area contributed by atoms with E-state index < -0.39 is 0 Å². The third-order valence-corrected chi connectivity index (χ3v) is 6.12. The Morgan fingerprint density at radius 2 is 2.00 bits per heavy atom. The molecule has 0 atom stereocenters. The summed E-state index contributed by atoms with van der Waals surface area (Å²) < 4.78 is 0.721. The van der Waals surface area contributed by atoms with E-state index in [9.17, 15) is 4.79 Å². The fourth-order valence-corrected chi connectivity index (χ4v) is 4.40. The zero-order valence-electron chi connectivity index (χ0n) is 16.3. The molecule has 148 valence electrons. The van der Waals surface area contributed by atoms with Crippen molar-refractivity contribution in [2.24, 2.45) is 0 Å². The number of aryl methyl sites for hydroxylation is 2. The van der Waals surface area contributed by atoms with Gasteiger partial charge in [-0.05, 0) is 37.6 Å². The summed E-state index contributed by atoms with van der Waals surface area (Å²) in [4.78, 5) is 14.4. The van der Waals surface area contributed by atoms with Gasteiger partial charge in [0.25, 0.3) is 0 Å². The Hall–Kier alpha value is -2.89. The molecule has 3 rings (SSSR count). The molecule has 0 radical (unpaired) electrons. The molecule has 29 heavy (non-hydrogen) atoms. The van der Waals surface area contributed by atoms with E-state index in [1.165, 1.54) is 28.7 Å². The van der Waals surface area contributed by atoms with Crippen molar-refractivity contribution in [3.63, 3.8) is 0 Å². The second-order valence-electron chi connectivity index (χ2n) is 6.39. The summed E-state index contributed by atoms with van der Waals surface area (Å²) in [6.45, 7) is 4.47. The summed E-state index contributed by atoms with van der Waals surface area (Å²) in [6.07, 6.45) is 0.286. The summed E-state index contributed by atoms with van der Waals surface area (Å²) in [5.74, 6) is 0.175. The fraction of sp³-hybridized carbons (Fsp3) is 0.238. The number of para-hydroxylation sites is 1. The molecule has 1 N–H and O–H groups in total. The van der Waals surface area contributed by atoms with Crippen molar-refractivity contribution in [1.29, 1.82) is 5.26 Å². The van der Waals surface area contributed by atoms with Crippen LogP contribution in [-0.4, -0.2) is 28.4 Å². The van der Waals surface area contributed by atoms with Crippen LogP contribution in [0, 0.1) is 25.2 Å². The summed E-state index contributed by atoms with van der Waals surface area (Å²) >= 11 is 2.77. The molecule has 0 aliphatic rings. The van der Waals surface area contributed by atoms with Gasteiger partial charge >= 0.3 is 0 Å². The van der Waals surface area contributed by atoms with Crippen LogP contribution >= 0.6 is 23.1 Å². The molecule has 0 spiro atoms. The number of amides is 1. The number of nitrogens with zero attached hydrogens (tertiary/aromatic N) is 4. The van der Waals surface area contributed by atoms with Crippen LogP contribution in [0.25, 0.3) is 0 Å². The molecule has 2 aromatic carbocycles. The van der Waals surface area contributed by atoms with E-state index in [1.54, 1.807) is 4.90 Å². The summed E-state index contributed by atoms with van der Waals surface area (Å²) in [7, 11) is 0. The van der Waals surface area contributed by atoms with E-state index >= 15 is 0 Å². The number of carbonyl (C=O) groups is 1. The molecule has 1 aromatic heterocycles. The molecule has 0 saturated heterocycles. The third kappa shape index (κ3) is 5.79. The molecule has 3 aromatic rings. The lowest BCUT2D eigenvalue weighted by Gasteiger charge is -2.21. The van der Waals surface area contributed by atoms with Crippen molar-refractivity contribution in [3.05, 3.63) is 59.7 Å². The van der Waals surface area contributed by atoms with E-state index in [0.29, 0.717) is 11.7 Å². The zero-order chi connectivity index (χ0) is 20.6.